The number of carbonyl (C=O) groups is 2. The Labute approximate surface area is 176 Å². The lowest BCUT2D eigenvalue weighted by molar-refractivity contribution is -0.0498. The molecule has 1 heterocycles. The third-order valence-corrected chi connectivity index (χ3v) is 4.23. The van der Waals surface area contributed by atoms with Crippen LogP contribution in [0.4, 0.5) is 14.5 Å². The molecular formula is C21H20F2N4O4. The van der Waals surface area contributed by atoms with Crippen LogP contribution in [0.2, 0.25) is 0 Å². The normalized spacial score (nSPS) is 10.7. The van der Waals surface area contributed by atoms with E-state index in [4.69, 9.17) is 4.74 Å². The van der Waals surface area contributed by atoms with Gasteiger partial charge in [0.05, 0.1) is 23.6 Å². The monoisotopic (exact) mass is 430 g/mol. The molecule has 10 heteroatoms. The van der Waals surface area contributed by atoms with Gasteiger partial charge in [-0.1, -0.05) is 12.1 Å². The molecule has 0 saturated heterocycles. The quantitative estimate of drug-likeness (QED) is 0.543. The molecule has 3 aromatic rings. The Kier molecular flexibility index (Phi) is 6.91. The second-order valence-corrected chi connectivity index (χ2v) is 6.48. The number of rotatable bonds is 8. The molecule has 0 aliphatic rings. The summed E-state index contributed by atoms with van der Waals surface area (Å²) in [5.74, 6) is -0.900. The molecule has 0 spiro atoms. The Morgan fingerprint density at radius 2 is 1.77 bits per heavy atom. The van der Waals surface area contributed by atoms with Gasteiger partial charge in [0, 0.05) is 5.69 Å². The number of alkyl halides is 2. The molecular weight excluding hydrogens is 410 g/mol. The van der Waals surface area contributed by atoms with Gasteiger partial charge >= 0.3 is 12.6 Å². The maximum atomic E-state index is 12.6. The van der Waals surface area contributed by atoms with Crippen molar-refractivity contribution in [3.63, 3.8) is 0 Å². The number of nitrogens with one attached hydrogen (secondary N) is 1. The highest BCUT2D eigenvalue weighted by atomic mass is 19.3. The number of amides is 1. The van der Waals surface area contributed by atoms with Gasteiger partial charge in [-0.3, -0.25) is 4.79 Å². The minimum absolute atomic E-state index is 0.0107. The molecule has 0 fully saturated rings. The number of benzene rings is 2. The van der Waals surface area contributed by atoms with Gasteiger partial charge < -0.3 is 14.8 Å². The molecule has 1 aromatic heterocycles. The van der Waals surface area contributed by atoms with Gasteiger partial charge in [0.25, 0.3) is 5.91 Å². The van der Waals surface area contributed by atoms with E-state index in [-0.39, 0.29) is 11.4 Å². The maximum Gasteiger partial charge on any atom is 0.387 e. The summed E-state index contributed by atoms with van der Waals surface area (Å²) in [7, 11) is 0. The molecule has 1 amide bonds. The number of aromatic nitrogens is 3. The summed E-state index contributed by atoms with van der Waals surface area (Å²) in [4.78, 5) is 24.4. The molecule has 31 heavy (non-hydrogen) atoms. The summed E-state index contributed by atoms with van der Waals surface area (Å²) in [6, 6.07) is 12.1. The Hall–Kier alpha value is -3.82. The minimum Gasteiger partial charge on any atom is -0.462 e. The molecule has 8 nitrogen and oxygen atoms in total. The van der Waals surface area contributed by atoms with Crippen LogP contribution in [-0.2, 0) is 4.74 Å². The van der Waals surface area contributed by atoms with E-state index >= 15 is 0 Å². The molecule has 0 unspecified atom stereocenters. The molecule has 0 radical (unpaired) electrons. The molecule has 0 atom stereocenters. The topological polar surface area (TPSA) is 95.3 Å². The second-order valence-electron chi connectivity index (χ2n) is 6.48. The van der Waals surface area contributed by atoms with E-state index in [0.29, 0.717) is 29.2 Å². The van der Waals surface area contributed by atoms with E-state index in [1.807, 2.05) is 6.92 Å². The third-order valence-electron chi connectivity index (χ3n) is 4.23. The van der Waals surface area contributed by atoms with Crippen LogP contribution in [0.15, 0.2) is 48.5 Å². The van der Waals surface area contributed by atoms with Crippen LogP contribution in [0, 0.1) is 6.92 Å². The van der Waals surface area contributed by atoms with Crippen molar-refractivity contribution in [1.29, 1.82) is 0 Å². The van der Waals surface area contributed by atoms with Crippen LogP contribution in [0.3, 0.4) is 0 Å². The van der Waals surface area contributed by atoms with Crippen LogP contribution >= 0.6 is 0 Å². The summed E-state index contributed by atoms with van der Waals surface area (Å²) in [5, 5.41) is 10.6. The number of nitrogens with zero attached hydrogens (tertiary/aromatic N) is 3. The number of ether oxygens (including phenoxy) is 2. The maximum absolute atomic E-state index is 12.6. The Morgan fingerprint density at radius 1 is 1.10 bits per heavy atom. The summed E-state index contributed by atoms with van der Waals surface area (Å²) < 4.78 is 35.3. The number of anilines is 1. The molecule has 3 rings (SSSR count). The van der Waals surface area contributed by atoms with Crippen LogP contribution < -0.4 is 10.1 Å². The first-order chi connectivity index (χ1) is 14.9. The predicted octanol–water partition coefficient (Wildman–Crippen LogP) is 4.00. The van der Waals surface area contributed by atoms with Crippen LogP contribution in [-0.4, -0.2) is 40.1 Å². The van der Waals surface area contributed by atoms with Crippen molar-refractivity contribution in [2.45, 2.75) is 26.9 Å². The fourth-order valence-corrected chi connectivity index (χ4v) is 2.71. The van der Waals surface area contributed by atoms with Gasteiger partial charge in [0.15, 0.2) is 5.69 Å². The first-order valence-corrected chi connectivity index (χ1v) is 9.45. The molecule has 162 valence electrons. The van der Waals surface area contributed by atoms with Gasteiger partial charge in [-0.05, 0) is 61.9 Å². The highest BCUT2D eigenvalue weighted by Crippen LogP contribution is 2.19. The molecule has 1 N–H and O–H groups in total. The Balaban J connectivity index is 1.69. The average molecular weight is 430 g/mol. The summed E-state index contributed by atoms with van der Waals surface area (Å²) >= 11 is 0. The summed E-state index contributed by atoms with van der Waals surface area (Å²) in [6.45, 7) is 0.992. The zero-order valence-corrected chi connectivity index (χ0v) is 16.8. The number of carbonyl (C=O) groups excluding carboxylic acids is 2. The number of halogens is 2. The Bertz CT molecular complexity index is 1050. The standard InChI is InChI=1S/C21H20F2N4O4/c1-3-12-30-20(29)14-4-6-15(7-5-14)24-19(28)18-13(2)27(26-25-18)16-8-10-17(11-9-16)31-21(22)23/h4-11,21H,3,12H2,1-2H3,(H,24,28). The van der Waals surface area contributed by atoms with Crippen molar-refractivity contribution in [3.05, 3.63) is 65.5 Å². The van der Waals surface area contributed by atoms with Crippen molar-refractivity contribution >= 4 is 17.6 Å². The highest BCUT2D eigenvalue weighted by Gasteiger charge is 2.18. The average Bonchev–Trinajstić information content (AvgIpc) is 3.14. The lowest BCUT2D eigenvalue weighted by atomic mass is 10.2. The Morgan fingerprint density at radius 3 is 2.39 bits per heavy atom. The van der Waals surface area contributed by atoms with Crippen molar-refractivity contribution < 1.29 is 27.8 Å². The summed E-state index contributed by atoms with van der Waals surface area (Å²) in [6.07, 6.45) is 0.730. The minimum atomic E-state index is -2.91. The van der Waals surface area contributed by atoms with Gasteiger partial charge in [0.1, 0.15) is 5.75 Å². The second kappa shape index (κ2) is 9.79. The van der Waals surface area contributed by atoms with Crippen molar-refractivity contribution in [2.75, 3.05) is 11.9 Å². The van der Waals surface area contributed by atoms with Crippen molar-refractivity contribution in [3.8, 4) is 11.4 Å². The van der Waals surface area contributed by atoms with Crippen molar-refractivity contribution in [1.82, 2.24) is 15.0 Å². The zero-order valence-electron chi connectivity index (χ0n) is 16.8. The van der Waals surface area contributed by atoms with Crippen LogP contribution in [0.25, 0.3) is 5.69 Å². The van der Waals surface area contributed by atoms with Gasteiger partial charge in [0.2, 0.25) is 0 Å². The van der Waals surface area contributed by atoms with Crippen LogP contribution in [0.1, 0.15) is 39.9 Å². The fourth-order valence-electron chi connectivity index (χ4n) is 2.71. The first kappa shape index (κ1) is 21.9. The number of hydrogen-bond donors (Lipinski definition) is 1. The predicted molar refractivity (Wildman–Crippen MR) is 108 cm³/mol. The zero-order chi connectivity index (χ0) is 22.4. The van der Waals surface area contributed by atoms with E-state index in [1.165, 1.54) is 28.9 Å². The molecule has 0 aliphatic carbocycles. The fraction of sp³-hybridized carbons (Fsp3) is 0.238. The third kappa shape index (κ3) is 5.41. The van der Waals surface area contributed by atoms with E-state index in [0.717, 1.165) is 6.42 Å². The first-order valence-electron chi connectivity index (χ1n) is 9.45. The van der Waals surface area contributed by atoms with E-state index in [1.54, 1.807) is 31.2 Å². The molecule has 0 saturated carbocycles. The van der Waals surface area contributed by atoms with Gasteiger partial charge in [-0.2, -0.15) is 8.78 Å². The largest absolute Gasteiger partial charge is 0.462 e. The summed E-state index contributed by atoms with van der Waals surface area (Å²) in [5.41, 5.74) is 1.94. The van der Waals surface area contributed by atoms with E-state index < -0.39 is 18.5 Å². The van der Waals surface area contributed by atoms with Gasteiger partial charge in [-0.15, -0.1) is 5.10 Å². The number of hydrogen-bond acceptors (Lipinski definition) is 6. The number of esters is 1. The molecule has 0 aliphatic heterocycles. The lowest BCUT2D eigenvalue weighted by Crippen LogP contribution is -2.14. The molecule has 2 aromatic carbocycles. The highest BCUT2D eigenvalue weighted by molar-refractivity contribution is 6.03. The SMILES string of the molecule is CCCOC(=O)c1ccc(NC(=O)c2nnn(-c3ccc(OC(F)F)cc3)c2C)cc1. The van der Waals surface area contributed by atoms with E-state index in [9.17, 15) is 18.4 Å². The van der Waals surface area contributed by atoms with Crippen LogP contribution in [0.5, 0.6) is 5.75 Å². The van der Waals surface area contributed by atoms with E-state index in [2.05, 4.69) is 20.4 Å². The molecule has 0 bridgehead atoms. The van der Waals surface area contributed by atoms with Crippen molar-refractivity contribution in [2.24, 2.45) is 0 Å². The van der Waals surface area contributed by atoms with Gasteiger partial charge in [-0.25, -0.2) is 9.48 Å². The lowest BCUT2D eigenvalue weighted by Gasteiger charge is -2.08. The smallest absolute Gasteiger partial charge is 0.387 e.